The van der Waals surface area contributed by atoms with Gasteiger partial charge >= 0.3 is 5.00 Å². The van der Waals surface area contributed by atoms with Crippen LogP contribution in [0.15, 0.2) is 6.20 Å². The molecule has 1 saturated carbocycles. The van der Waals surface area contributed by atoms with Crippen molar-refractivity contribution in [3.8, 4) is 0 Å². The summed E-state index contributed by atoms with van der Waals surface area (Å²) < 4.78 is 0. The fraction of sp³-hybridized carbons (Fsp3) is 0.615. The zero-order valence-corrected chi connectivity index (χ0v) is 12.7. The third-order valence-corrected chi connectivity index (χ3v) is 5.06. The molecule has 118 valence electrons. The molecule has 2 aliphatic rings. The number of carbonyl (C=O) groups excluding carboxylic acids is 2. The van der Waals surface area contributed by atoms with E-state index in [0.717, 1.165) is 43.2 Å². The molecular formula is C13H16N4O4S. The molecular weight excluding hydrogens is 308 g/mol. The number of nitrogens with zero attached hydrogens (tertiary/aromatic N) is 3. The first-order valence-corrected chi connectivity index (χ1v) is 8.07. The van der Waals surface area contributed by atoms with Crippen molar-refractivity contribution in [2.24, 2.45) is 5.92 Å². The van der Waals surface area contributed by atoms with E-state index < -0.39 is 10.8 Å². The van der Waals surface area contributed by atoms with Crippen LogP contribution < -0.4 is 5.32 Å². The smallest absolute Gasteiger partial charge is 0.339 e. The van der Waals surface area contributed by atoms with Crippen molar-refractivity contribution in [1.29, 1.82) is 0 Å². The van der Waals surface area contributed by atoms with E-state index >= 15 is 0 Å². The fourth-order valence-electron chi connectivity index (χ4n) is 3.09. The van der Waals surface area contributed by atoms with Crippen LogP contribution in [0.1, 0.15) is 32.1 Å². The van der Waals surface area contributed by atoms with Gasteiger partial charge in [0.05, 0.1) is 10.8 Å². The van der Waals surface area contributed by atoms with Crippen molar-refractivity contribution in [3.63, 3.8) is 0 Å². The number of nitro groups is 1. The molecule has 8 nitrogen and oxygen atoms in total. The predicted molar refractivity (Wildman–Crippen MR) is 79.5 cm³/mol. The third kappa shape index (κ3) is 2.94. The first kappa shape index (κ1) is 14.9. The summed E-state index contributed by atoms with van der Waals surface area (Å²) in [5.74, 6) is -0.675. The number of thiazole rings is 1. The maximum absolute atomic E-state index is 12.2. The van der Waals surface area contributed by atoms with Crippen LogP contribution in [0.3, 0.4) is 0 Å². The number of rotatable bonds is 4. The summed E-state index contributed by atoms with van der Waals surface area (Å²) in [5, 5.41) is 13.3. The van der Waals surface area contributed by atoms with Crippen LogP contribution in [0.5, 0.6) is 0 Å². The van der Waals surface area contributed by atoms with Gasteiger partial charge in [0.2, 0.25) is 11.8 Å². The molecule has 2 fully saturated rings. The van der Waals surface area contributed by atoms with Crippen molar-refractivity contribution in [2.75, 3.05) is 11.9 Å². The Labute approximate surface area is 130 Å². The first-order chi connectivity index (χ1) is 10.5. The van der Waals surface area contributed by atoms with Gasteiger partial charge in [-0.3, -0.25) is 19.7 Å². The van der Waals surface area contributed by atoms with Gasteiger partial charge in [-0.2, -0.15) is 0 Å². The molecule has 1 aliphatic heterocycles. The van der Waals surface area contributed by atoms with Crippen LogP contribution in [-0.2, 0) is 9.59 Å². The summed E-state index contributed by atoms with van der Waals surface area (Å²) in [6.45, 7) is 0.433. The molecule has 0 aromatic carbocycles. The van der Waals surface area contributed by atoms with Crippen molar-refractivity contribution in [3.05, 3.63) is 16.3 Å². The summed E-state index contributed by atoms with van der Waals surface area (Å²) >= 11 is 0.814. The Morgan fingerprint density at radius 2 is 2.18 bits per heavy atom. The van der Waals surface area contributed by atoms with Crippen molar-refractivity contribution >= 4 is 33.3 Å². The highest BCUT2D eigenvalue weighted by Gasteiger charge is 2.38. The minimum absolute atomic E-state index is 0.0252. The molecule has 0 bridgehead atoms. The average molecular weight is 324 g/mol. The standard InChI is InChI=1S/C13H16N4O4S/c18-10-5-8(7-16(10)9-3-1-2-4-9)12(19)15-13-14-6-11(22-13)17(20)21/h6,8-9H,1-5,7H2,(H,14,15,19)/t8-/m0/s1. The van der Waals surface area contributed by atoms with E-state index in [1.165, 1.54) is 0 Å². The number of anilines is 1. The second-order valence-electron chi connectivity index (χ2n) is 5.64. The lowest BCUT2D eigenvalue weighted by atomic mass is 10.1. The van der Waals surface area contributed by atoms with Gasteiger partial charge in [-0.25, -0.2) is 4.98 Å². The number of aromatic nitrogens is 1. The Bertz CT molecular complexity index is 611. The Morgan fingerprint density at radius 3 is 2.82 bits per heavy atom. The summed E-state index contributed by atoms with van der Waals surface area (Å²) in [6, 6.07) is 0.270. The van der Waals surface area contributed by atoms with Crippen molar-refractivity contribution < 1.29 is 14.5 Å². The van der Waals surface area contributed by atoms with Crippen LogP contribution >= 0.6 is 11.3 Å². The summed E-state index contributed by atoms with van der Waals surface area (Å²) in [7, 11) is 0. The van der Waals surface area contributed by atoms with Crippen molar-refractivity contribution in [1.82, 2.24) is 9.88 Å². The Balaban J connectivity index is 1.60. The third-order valence-electron chi connectivity index (χ3n) is 4.20. The molecule has 2 amide bonds. The van der Waals surface area contributed by atoms with E-state index in [-0.39, 0.29) is 34.4 Å². The van der Waals surface area contributed by atoms with E-state index in [0.29, 0.717) is 6.54 Å². The lowest BCUT2D eigenvalue weighted by molar-refractivity contribution is -0.380. The van der Waals surface area contributed by atoms with Gasteiger partial charge in [-0.05, 0) is 24.2 Å². The minimum atomic E-state index is -0.547. The normalized spacial score (nSPS) is 22.3. The fourth-order valence-corrected chi connectivity index (χ4v) is 3.73. The number of hydrogen-bond donors (Lipinski definition) is 1. The second-order valence-corrected chi connectivity index (χ2v) is 6.64. The molecule has 2 heterocycles. The highest BCUT2D eigenvalue weighted by atomic mass is 32.1. The van der Waals surface area contributed by atoms with Gasteiger partial charge in [0.25, 0.3) is 0 Å². The SMILES string of the molecule is O=C(Nc1ncc([N+](=O)[O-])s1)[C@H]1CC(=O)N(C2CCCC2)C1. The molecule has 1 aromatic rings. The van der Waals surface area contributed by atoms with Crippen LogP contribution in [0, 0.1) is 16.0 Å². The Kier molecular flexibility index (Phi) is 4.06. The zero-order chi connectivity index (χ0) is 15.7. The molecule has 1 atom stereocenters. The molecule has 1 aliphatic carbocycles. The molecule has 0 unspecified atom stereocenters. The number of likely N-dealkylation sites (tertiary alicyclic amines) is 1. The maximum atomic E-state index is 12.2. The molecule has 9 heteroatoms. The van der Waals surface area contributed by atoms with Crippen LogP contribution in [-0.4, -0.2) is 39.2 Å². The molecule has 22 heavy (non-hydrogen) atoms. The lowest BCUT2D eigenvalue weighted by Crippen LogP contribution is -2.35. The van der Waals surface area contributed by atoms with Crippen LogP contribution in [0.4, 0.5) is 10.1 Å². The summed E-state index contributed by atoms with van der Waals surface area (Å²) in [4.78, 5) is 40.0. The summed E-state index contributed by atoms with van der Waals surface area (Å²) in [5.41, 5.74) is 0. The largest absolute Gasteiger partial charge is 0.345 e. The molecule has 0 radical (unpaired) electrons. The van der Waals surface area contributed by atoms with E-state index in [4.69, 9.17) is 0 Å². The predicted octanol–water partition coefficient (Wildman–Crippen LogP) is 1.78. The van der Waals surface area contributed by atoms with Gasteiger partial charge in [0, 0.05) is 19.0 Å². The number of amides is 2. The lowest BCUT2D eigenvalue weighted by Gasteiger charge is -2.23. The van der Waals surface area contributed by atoms with Crippen LogP contribution in [0.25, 0.3) is 0 Å². The topological polar surface area (TPSA) is 105 Å². The van der Waals surface area contributed by atoms with Crippen molar-refractivity contribution in [2.45, 2.75) is 38.1 Å². The average Bonchev–Trinajstić information content (AvgIpc) is 3.17. The van der Waals surface area contributed by atoms with E-state index in [1.54, 1.807) is 0 Å². The quantitative estimate of drug-likeness (QED) is 0.671. The number of hydrogen-bond acceptors (Lipinski definition) is 6. The Morgan fingerprint density at radius 1 is 1.45 bits per heavy atom. The molecule has 0 spiro atoms. The van der Waals surface area contributed by atoms with Gasteiger partial charge in [-0.1, -0.05) is 12.8 Å². The molecule has 3 rings (SSSR count). The van der Waals surface area contributed by atoms with Gasteiger partial charge in [0.15, 0.2) is 5.13 Å². The first-order valence-electron chi connectivity index (χ1n) is 7.25. The van der Waals surface area contributed by atoms with E-state index in [1.807, 2.05) is 4.90 Å². The van der Waals surface area contributed by atoms with Gasteiger partial charge < -0.3 is 10.2 Å². The zero-order valence-electron chi connectivity index (χ0n) is 11.9. The highest BCUT2D eigenvalue weighted by molar-refractivity contribution is 7.18. The second kappa shape index (κ2) is 5.99. The van der Waals surface area contributed by atoms with Gasteiger partial charge in [-0.15, -0.1) is 0 Å². The number of carbonyl (C=O) groups is 2. The molecule has 1 saturated heterocycles. The maximum Gasteiger partial charge on any atom is 0.345 e. The molecule has 1 aromatic heterocycles. The van der Waals surface area contributed by atoms with Gasteiger partial charge in [0.1, 0.15) is 6.20 Å². The number of nitrogens with one attached hydrogen (secondary N) is 1. The minimum Gasteiger partial charge on any atom is -0.339 e. The summed E-state index contributed by atoms with van der Waals surface area (Å²) in [6.07, 6.45) is 5.61. The van der Waals surface area contributed by atoms with Crippen LogP contribution in [0.2, 0.25) is 0 Å². The van der Waals surface area contributed by atoms with E-state index in [9.17, 15) is 19.7 Å². The monoisotopic (exact) mass is 324 g/mol. The highest BCUT2D eigenvalue weighted by Crippen LogP contribution is 2.31. The Hall–Kier alpha value is -2.03. The van der Waals surface area contributed by atoms with E-state index in [2.05, 4.69) is 10.3 Å². The molecule has 1 N–H and O–H groups in total.